The Balaban J connectivity index is 1.99. The molecule has 1 aromatic carbocycles. The summed E-state index contributed by atoms with van der Waals surface area (Å²) in [6.45, 7) is 2.20. The van der Waals surface area contributed by atoms with Gasteiger partial charge in [-0.25, -0.2) is 0 Å². The number of nitrogens with two attached hydrogens (primary N) is 1. The van der Waals surface area contributed by atoms with Crippen molar-refractivity contribution in [2.45, 2.75) is 19.4 Å². The molecule has 3 N–H and O–H groups in total. The third kappa shape index (κ3) is 3.88. The van der Waals surface area contributed by atoms with Crippen LogP contribution in [-0.4, -0.2) is 27.2 Å². The van der Waals surface area contributed by atoms with E-state index in [9.17, 15) is 4.79 Å². The van der Waals surface area contributed by atoms with Crippen LogP contribution in [0, 0.1) is 5.92 Å². The van der Waals surface area contributed by atoms with Gasteiger partial charge in [0, 0.05) is 13.6 Å². The lowest BCUT2D eigenvalue weighted by molar-refractivity contribution is -0.125. The molecule has 1 aromatic heterocycles. The standard InChI is InChI=1S/C15H21N5O/c1-11(14-19-17-10-20(14)2)18-15(21)13(9-16)8-12-6-4-3-5-7-12/h3-7,10-11,13H,8-9,16H2,1-2H3,(H,18,21). The second-order valence-corrected chi connectivity index (χ2v) is 5.15. The van der Waals surface area contributed by atoms with Crippen LogP contribution in [0.25, 0.3) is 0 Å². The lowest BCUT2D eigenvalue weighted by atomic mass is 9.98. The summed E-state index contributed by atoms with van der Waals surface area (Å²) in [5.41, 5.74) is 6.86. The minimum absolute atomic E-state index is 0.0585. The number of benzene rings is 1. The zero-order chi connectivity index (χ0) is 15.2. The zero-order valence-corrected chi connectivity index (χ0v) is 12.4. The van der Waals surface area contributed by atoms with E-state index in [-0.39, 0.29) is 17.9 Å². The lowest BCUT2D eigenvalue weighted by Crippen LogP contribution is -2.38. The Morgan fingerprint density at radius 1 is 1.38 bits per heavy atom. The van der Waals surface area contributed by atoms with Crippen molar-refractivity contribution < 1.29 is 4.79 Å². The highest BCUT2D eigenvalue weighted by atomic mass is 16.2. The lowest BCUT2D eigenvalue weighted by Gasteiger charge is -2.18. The minimum atomic E-state index is -0.247. The topological polar surface area (TPSA) is 85.8 Å². The van der Waals surface area contributed by atoms with Gasteiger partial charge in [0.05, 0.1) is 12.0 Å². The Morgan fingerprint density at radius 2 is 2.10 bits per heavy atom. The number of amides is 1. The summed E-state index contributed by atoms with van der Waals surface area (Å²) in [6, 6.07) is 9.68. The first-order valence-electron chi connectivity index (χ1n) is 7.00. The third-order valence-electron chi connectivity index (χ3n) is 3.47. The fourth-order valence-corrected chi connectivity index (χ4v) is 2.26. The molecule has 0 aliphatic heterocycles. The van der Waals surface area contributed by atoms with Crippen molar-refractivity contribution in [2.24, 2.45) is 18.7 Å². The largest absolute Gasteiger partial charge is 0.346 e. The van der Waals surface area contributed by atoms with E-state index >= 15 is 0 Å². The van der Waals surface area contributed by atoms with Crippen molar-refractivity contribution in [1.82, 2.24) is 20.1 Å². The first-order valence-corrected chi connectivity index (χ1v) is 7.00. The van der Waals surface area contributed by atoms with Crippen LogP contribution >= 0.6 is 0 Å². The summed E-state index contributed by atoms with van der Waals surface area (Å²) >= 11 is 0. The molecule has 0 aliphatic rings. The Bertz CT molecular complexity index is 581. The summed E-state index contributed by atoms with van der Waals surface area (Å²) in [4.78, 5) is 12.3. The predicted octanol–water partition coefficient (Wildman–Crippen LogP) is 0.810. The molecule has 0 aliphatic carbocycles. The Morgan fingerprint density at radius 3 is 2.67 bits per heavy atom. The third-order valence-corrected chi connectivity index (χ3v) is 3.47. The number of nitrogens with one attached hydrogen (secondary N) is 1. The number of rotatable bonds is 6. The molecule has 2 unspecified atom stereocenters. The number of aryl methyl sites for hydroxylation is 1. The highest BCUT2D eigenvalue weighted by molar-refractivity contribution is 5.79. The molecule has 0 bridgehead atoms. The molecule has 0 saturated carbocycles. The van der Waals surface area contributed by atoms with Crippen molar-refractivity contribution >= 4 is 5.91 Å². The molecule has 112 valence electrons. The monoisotopic (exact) mass is 287 g/mol. The summed E-state index contributed by atoms with van der Waals surface area (Å²) in [6.07, 6.45) is 2.25. The van der Waals surface area contributed by atoms with Gasteiger partial charge in [-0.2, -0.15) is 0 Å². The van der Waals surface area contributed by atoms with Gasteiger partial charge in [0.2, 0.25) is 5.91 Å². The Hall–Kier alpha value is -2.21. The molecule has 0 spiro atoms. The van der Waals surface area contributed by atoms with Gasteiger partial charge in [-0.15, -0.1) is 10.2 Å². The molecule has 2 atom stereocenters. The normalized spacial score (nSPS) is 13.7. The molecule has 1 amide bonds. The van der Waals surface area contributed by atoms with Gasteiger partial charge in [0.25, 0.3) is 0 Å². The molecule has 1 heterocycles. The van der Waals surface area contributed by atoms with Crippen LogP contribution < -0.4 is 11.1 Å². The fourth-order valence-electron chi connectivity index (χ4n) is 2.26. The molecule has 2 rings (SSSR count). The van der Waals surface area contributed by atoms with Crippen molar-refractivity contribution in [1.29, 1.82) is 0 Å². The SMILES string of the molecule is CC(NC(=O)C(CN)Cc1ccccc1)c1nncn1C. The van der Waals surface area contributed by atoms with E-state index in [1.165, 1.54) is 0 Å². The maximum atomic E-state index is 12.3. The van der Waals surface area contributed by atoms with Gasteiger partial charge in [-0.05, 0) is 18.9 Å². The van der Waals surface area contributed by atoms with Crippen molar-refractivity contribution in [3.8, 4) is 0 Å². The van der Waals surface area contributed by atoms with Crippen molar-refractivity contribution in [3.05, 3.63) is 48.0 Å². The molecule has 0 fully saturated rings. The molecule has 6 heteroatoms. The van der Waals surface area contributed by atoms with Gasteiger partial charge >= 0.3 is 0 Å². The summed E-state index contributed by atoms with van der Waals surface area (Å²) < 4.78 is 1.79. The minimum Gasteiger partial charge on any atom is -0.346 e. The van der Waals surface area contributed by atoms with Crippen LogP contribution in [0.3, 0.4) is 0 Å². The maximum Gasteiger partial charge on any atom is 0.225 e. The highest BCUT2D eigenvalue weighted by Crippen LogP contribution is 2.12. The summed E-state index contributed by atoms with van der Waals surface area (Å²) in [7, 11) is 1.85. The zero-order valence-electron chi connectivity index (χ0n) is 12.4. The fraction of sp³-hybridized carbons (Fsp3) is 0.400. The van der Waals surface area contributed by atoms with E-state index in [4.69, 9.17) is 5.73 Å². The first-order chi connectivity index (χ1) is 10.1. The molecule has 0 radical (unpaired) electrons. The first kappa shape index (κ1) is 15.2. The van der Waals surface area contributed by atoms with Crippen LogP contribution in [0.1, 0.15) is 24.4 Å². The molecule has 0 saturated heterocycles. The van der Waals surface area contributed by atoms with Gasteiger partial charge < -0.3 is 15.6 Å². The number of aromatic nitrogens is 3. The quantitative estimate of drug-likeness (QED) is 0.823. The van der Waals surface area contributed by atoms with Crippen LogP contribution in [-0.2, 0) is 18.3 Å². The maximum absolute atomic E-state index is 12.3. The number of carbonyl (C=O) groups is 1. The van der Waals surface area contributed by atoms with E-state index in [2.05, 4.69) is 15.5 Å². The summed E-state index contributed by atoms with van der Waals surface area (Å²) in [5.74, 6) is 0.416. The Kier molecular flexibility index (Phi) is 5.05. The smallest absolute Gasteiger partial charge is 0.225 e. The van der Waals surface area contributed by atoms with Gasteiger partial charge in [-0.1, -0.05) is 30.3 Å². The van der Waals surface area contributed by atoms with Gasteiger partial charge in [0.15, 0.2) is 5.82 Å². The molecule has 2 aromatic rings. The second kappa shape index (κ2) is 6.99. The van der Waals surface area contributed by atoms with E-state index in [1.54, 1.807) is 10.9 Å². The van der Waals surface area contributed by atoms with Gasteiger partial charge in [0.1, 0.15) is 6.33 Å². The van der Waals surface area contributed by atoms with Crippen molar-refractivity contribution in [2.75, 3.05) is 6.54 Å². The molecular formula is C15H21N5O. The van der Waals surface area contributed by atoms with Crippen LogP contribution in [0.5, 0.6) is 0 Å². The Labute approximate surface area is 124 Å². The average molecular weight is 287 g/mol. The van der Waals surface area contributed by atoms with E-state index in [0.29, 0.717) is 13.0 Å². The average Bonchev–Trinajstić information content (AvgIpc) is 2.92. The number of hydrogen-bond donors (Lipinski definition) is 2. The van der Waals surface area contributed by atoms with Crippen molar-refractivity contribution in [3.63, 3.8) is 0 Å². The van der Waals surface area contributed by atoms with Crippen LogP contribution in [0.2, 0.25) is 0 Å². The highest BCUT2D eigenvalue weighted by Gasteiger charge is 2.21. The van der Waals surface area contributed by atoms with Gasteiger partial charge in [-0.3, -0.25) is 4.79 Å². The predicted molar refractivity (Wildman–Crippen MR) is 80.3 cm³/mol. The van der Waals surface area contributed by atoms with Crippen LogP contribution in [0.15, 0.2) is 36.7 Å². The summed E-state index contributed by atoms with van der Waals surface area (Å²) in [5, 5.41) is 10.8. The van der Waals surface area contributed by atoms with Crippen LogP contribution in [0.4, 0.5) is 0 Å². The van der Waals surface area contributed by atoms with E-state index in [0.717, 1.165) is 11.4 Å². The van der Waals surface area contributed by atoms with E-state index < -0.39 is 0 Å². The second-order valence-electron chi connectivity index (χ2n) is 5.15. The number of carbonyl (C=O) groups excluding carboxylic acids is 1. The molecular weight excluding hydrogens is 266 g/mol. The molecule has 21 heavy (non-hydrogen) atoms. The molecule has 6 nitrogen and oxygen atoms in total. The number of hydrogen-bond acceptors (Lipinski definition) is 4. The number of nitrogens with zero attached hydrogens (tertiary/aromatic N) is 3. The van der Waals surface area contributed by atoms with E-state index in [1.807, 2.05) is 44.3 Å².